The van der Waals surface area contributed by atoms with Crippen molar-refractivity contribution < 1.29 is 18.7 Å². The molecule has 1 aromatic rings. The van der Waals surface area contributed by atoms with E-state index < -0.39 is 18.3 Å². The third-order valence-electron chi connectivity index (χ3n) is 2.98. The van der Waals surface area contributed by atoms with Crippen LogP contribution in [-0.4, -0.2) is 36.1 Å². The van der Waals surface area contributed by atoms with Gasteiger partial charge in [-0.2, -0.15) is 0 Å². The van der Waals surface area contributed by atoms with Gasteiger partial charge in [0, 0.05) is 11.9 Å². The Morgan fingerprint density at radius 3 is 3.00 bits per heavy atom. The van der Waals surface area contributed by atoms with Gasteiger partial charge in [-0.25, -0.2) is 13.8 Å². The zero-order chi connectivity index (χ0) is 13.3. The molecular formula is C11H14F2N2O2S. The molecule has 0 radical (unpaired) electrons. The summed E-state index contributed by atoms with van der Waals surface area (Å²) in [6, 6.07) is 0. The zero-order valence-corrected chi connectivity index (χ0v) is 10.7. The lowest BCUT2D eigenvalue weighted by atomic mass is 9.91. The number of aromatic nitrogens is 1. The largest absolute Gasteiger partial charge is 0.481 e. The topological polar surface area (TPSA) is 53.4 Å². The number of carboxylic acid groups (broad SMARTS) is 1. The van der Waals surface area contributed by atoms with Crippen LogP contribution in [0.1, 0.15) is 29.3 Å². The zero-order valence-electron chi connectivity index (χ0n) is 9.90. The summed E-state index contributed by atoms with van der Waals surface area (Å²) in [6.45, 7) is -0.385. The predicted octanol–water partition coefficient (Wildman–Crippen LogP) is 2.35. The van der Waals surface area contributed by atoms with Crippen molar-refractivity contribution in [3.8, 4) is 0 Å². The van der Waals surface area contributed by atoms with Crippen LogP contribution >= 0.6 is 11.3 Å². The molecular weight excluding hydrogens is 262 g/mol. The minimum atomic E-state index is -2.42. The second-order valence-corrected chi connectivity index (χ2v) is 5.42. The fourth-order valence-electron chi connectivity index (χ4n) is 2.09. The van der Waals surface area contributed by atoms with Gasteiger partial charge in [-0.3, -0.25) is 4.79 Å². The minimum Gasteiger partial charge on any atom is -0.481 e. The fourth-order valence-corrected chi connectivity index (χ4v) is 3.23. The Labute approximate surface area is 107 Å². The summed E-state index contributed by atoms with van der Waals surface area (Å²) in [5.74, 6) is -1.47. The summed E-state index contributed by atoms with van der Waals surface area (Å²) in [7, 11) is 1.55. The Morgan fingerprint density at radius 1 is 1.67 bits per heavy atom. The summed E-state index contributed by atoms with van der Waals surface area (Å²) in [5.41, 5.74) is 0.565. The van der Waals surface area contributed by atoms with E-state index in [2.05, 4.69) is 4.98 Å². The second-order valence-electron chi connectivity index (χ2n) is 4.36. The van der Waals surface area contributed by atoms with Crippen LogP contribution in [0.4, 0.5) is 13.9 Å². The number of thiazole rings is 1. The number of anilines is 1. The molecule has 1 aliphatic rings. The molecule has 0 bridgehead atoms. The molecule has 1 heterocycles. The summed E-state index contributed by atoms with van der Waals surface area (Å²) >= 11 is 1.32. The van der Waals surface area contributed by atoms with E-state index in [0.29, 0.717) is 17.2 Å². The van der Waals surface area contributed by atoms with Gasteiger partial charge in [0.25, 0.3) is 6.43 Å². The van der Waals surface area contributed by atoms with E-state index >= 15 is 0 Å². The lowest BCUT2D eigenvalue weighted by molar-refractivity contribution is -0.139. The van der Waals surface area contributed by atoms with E-state index in [-0.39, 0.29) is 6.54 Å². The number of fused-ring (bicyclic) bond motifs is 1. The first kappa shape index (κ1) is 13.2. The van der Waals surface area contributed by atoms with Crippen LogP contribution in [0.15, 0.2) is 0 Å². The fraction of sp³-hybridized carbons (Fsp3) is 0.636. The van der Waals surface area contributed by atoms with Crippen molar-refractivity contribution in [3.63, 3.8) is 0 Å². The molecule has 4 nitrogen and oxygen atoms in total. The third-order valence-corrected chi connectivity index (χ3v) is 4.22. The van der Waals surface area contributed by atoms with Crippen molar-refractivity contribution >= 4 is 22.4 Å². The molecule has 18 heavy (non-hydrogen) atoms. The maximum atomic E-state index is 12.3. The molecule has 0 spiro atoms. The van der Waals surface area contributed by atoms with Crippen LogP contribution in [0.5, 0.6) is 0 Å². The lowest BCUT2D eigenvalue weighted by Gasteiger charge is -2.16. The first-order valence-corrected chi connectivity index (χ1v) is 6.52. The van der Waals surface area contributed by atoms with Gasteiger partial charge in [0.2, 0.25) is 0 Å². The van der Waals surface area contributed by atoms with E-state index in [9.17, 15) is 13.6 Å². The van der Waals surface area contributed by atoms with Crippen molar-refractivity contribution in [2.45, 2.75) is 31.6 Å². The molecule has 1 unspecified atom stereocenters. The summed E-state index contributed by atoms with van der Waals surface area (Å²) in [4.78, 5) is 17.6. The Hall–Kier alpha value is -1.24. The number of hydrogen-bond acceptors (Lipinski definition) is 4. The van der Waals surface area contributed by atoms with E-state index in [1.165, 1.54) is 16.2 Å². The van der Waals surface area contributed by atoms with E-state index in [1.807, 2.05) is 0 Å². The van der Waals surface area contributed by atoms with E-state index in [1.54, 1.807) is 7.05 Å². The summed E-state index contributed by atoms with van der Waals surface area (Å²) < 4.78 is 24.6. The van der Waals surface area contributed by atoms with Crippen LogP contribution < -0.4 is 4.90 Å². The van der Waals surface area contributed by atoms with Crippen LogP contribution in [0.2, 0.25) is 0 Å². The standard InChI is InChI=1S/C11H14F2N2O2S/c1-15(5-8(12)13)11-14-9-6(10(16)17)3-2-4-7(9)18-11/h6,8H,2-5H2,1H3,(H,16,17). The molecule has 0 fully saturated rings. The van der Waals surface area contributed by atoms with Crippen molar-refractivity contribution in [3.05, 3.63) is 10.6 Å². The Morgan fingerprint density at radius 2 is 2.39 bits per heavy atom. The van der Waals surface area contributed by atoms with Crippen LogP contribution in [0.3, 0.4) is 0 Å². The number of aryl methyl sites for hydroxylation is 1. The monoisotopic (exact) mass is 276 g/mol. The maximum absolute atomic E-state index is 12.3. The molecule has 1 aromatic heterocycles. The maximum Gasteiger partial charge on any atom is 0.312 e. The molecule has 0 aliphatic heterocycles. The lowest BCUT2D eigenvalue weighted by Crippen LogP contribution is -2.24. The van der Waals surface area contributed by atoms with Crippen molar-refractivity contribution in [1.29, 1.82) is 0 Å². The second kappa shape index (κ2) is 5.17. The highest BCUT2D eigenvalue weighted by Crippen LogP contribution is 2.37. The van der Waals surface area contributed by atoms with Gasteiger partial charge >= 0.3 is 5.97 Å². The number of hydrogen-bond donors (Lipinski definition) is 1. The molecule has 100 valence electrons. The van der Waals surface area contributed by atoms with Gasteiger partial charge in [0.15, 0.2) is 5.13 Å². The highest BCUT2D eigenvalue weighted by atomic mass is 32.1. The summed E-state index contributed by atoms with van der Waals surface area (Å²) in [6.07, 6.45) is -0.251. The Bertz CT molecular complexity index is 450. The first-order valence-electron chi connectivity index (χ1n) is 5.70. The van der Waals surface area contributed by atoms with Crippen LogP contribution in [0, 0.1) is 0 Å². The molecule has 2 rings (SSSR count). The van der Waals surface area contributed by atoms with Gasteiger partial charge in [0.1, 0.15) is 5.92 Å². The molecule has 1 atom stereocenters. The number of carbonyl (C=O) groups is 1. The average Bonchev–Trinajstić information content (AvgIpc) is 2.70. The highest BCUT2D eigenvalue weighted by Gasteiger charge is 2.30. The average molecular weight is 276 g/mol. The van der Waals surface area contributed by atoms with Crippen molar-refractivity contribution in [2.24, 2.45) is 0 Å². The number of halogens is 2. The minimum absolute atomic E-state index is 0.385. The smallest absolute Gasteiger partial charge is 0.312 e. The summed E-state index contributed by atoms with van der Waals surface area (Å²) in [5, 5.41) is 9.59. The molecule has 0 amide bonds. The predicted molar refractivity (Wildman–Crippen MR) is 64.7 cm³/mol. The molecule has 1 N–H and O–H groups in total. The molecule has 0 saturated heterocycles. The van der Waals surface area contributed by atoms with E-state index in [4.69, 9.17) is 5.11 Å². The van der Waals surface area contributed by atoms with Gasteiger partial charge in [-0.05, 0) is 19.3 Å². The number of carboxylic acids is 1. The van der Waals surface area contributed by atoms with Gasteiger partial charge in [0.05, 0.1) is 12.2 Å². The Balaban J connectivity index is 2.24. The quantitative estimate of drug-likeness (QED) is 0.917. The molecule has 7 heteroatoms. The Kier molecular flexibility index (Phi) is 3.79. The molecule has 0 aromatic carbocycles. The first-order chi connectivity index (χ1) is 8.49. The number of alkyl halides is 2. The SMILES string of the molecule is CN(CC(F)F)c1nc2c(s1)CCCC2C(=O)O. The van der Waals surface area contributed by atoms with Crippen LogP contribution in [0.25, 0.3) is 0 Å². The number of rotatable bonds is 4. The highest BCUT2D eigenvalue weighted by molar-refractivity contribution is 7.15. The van der Waals surface area contributed by atoms with Gasteiger partial charge < -0.3 is 10.0 Å². The van der Waals surface area contributed by atoms with Crippen molar-refractivity contribution in [2.75, 3.05) is 18.5 Å². The normalized spacial score (nSPS) is 18.8. The molecule has 1 aliphatic carbocycles. The van der Waals surface area contributed by atoms with Crippen molar-refractivity contribution in [1.82, 2.24) is 4.98 Å². The number of aliphatic carboxylic acids is 1. The molecule has 0 saturated carbocycles. The van der Waals surface area contributed by atoms with Gasteiger partial charge in [-0.15, -0.1) is 11.3 Å². The number of nitrogens with zero attached hydrogens (tertiary/aromatic N) is 2. The van der Waals surface area contributed by atoms with E-state index in [0.717, 1.165) is 17.7 Å². The van der Waals surface area contributed by atoms with Crippen LogP contribution in [-0.2, 0) is 11.2 Å². The third kappa shape index (κ3) is 2.60. The van der Waals surface area contributed by atoms with Gasteiger partial charge in [-0.1, -0.05) is 0 Å².